The normalized spacial score (nSPS) is 21.3. The van der Waals surface area contributed by atoms with Crippen molar-refractivity contribution in [3.63, 3.8) is 0 Å². The Balaban J connectivity index is 1.59. The third-order valence-electron chi connectivity index (χ3n) is 4.26. The van der Waals surface area contributed by atoms with Crippen LogP contribution < -0.4 is 14.8 Å². The van der Waals surface area contributed by atoms with Crippen LogP contribution in [0.3, 0.4) is 0 Å². The van der Waals surface area contributed by atoms with Crippen LogP contribution >= 0.6 is 0 Å². The van der Waals surface area contributed by atoms with E-state index in [4.69, 9.17) is 9.47 Å². The Morgan fingerprint density at radius 3 is 2.95 bits per heavy atom. The summed E-state index contributed by atoms with van der Waals surface area (Å²) in [5.74, 6) is 1.85. The van der Waals surface area contributed by atoms with Gasteiger partial charge in [0.05, 0.1) is 13.2 Å². The number of carbonyl (C=O) groups excluding carboxylic acids is 1. The number of piperazine rings is 1. The van der Waals surface area contributed by atoms with Crippen LogP contribution in [0.5, 0.6) is 11.5 Å². The van der Waals surface area contributed by atoms with Gasteiger partial charge < -0.3 is 19.7 Å². The Labute approximate surface area is 131 Å². The number of aryl methyl sites for hydroxylation is 1. The second-order valence-electron chi connectivity index (χ2n) is 5.97. The molecule has 0 unspecified atom stereocenters. The van der Waals surface area contributed by atoms with E-state index in [-0.39, 0.29) is 11.9 Å². The van der Waals surface area contributed by atoms with E-state index in [0.29, 0.717) is 19.6 Å². The minimum absolute atomic E-state index is 0.237. The molecule has 1 aromatic rings. The monoisotopic (exact) mass is 304 g/mol. The molecule has 0 spiro atoms. The van der Waals surface area contributed by atoms with E-state index in [1.807, 2.05) is 23.1 Å². The zero-order valence-corrected chi connectivity index (χ0v) is 13.1. The van der Waals surface area contributed by atoms with E-state index in [1.165, 1.54) is 0 Å². The first-order valence-corrected chi connectivity index (χ1v) is 8.13. The van der Waals surface area contributed by atoms with Crippen molar-refractivity contribution in [3.8, 4) is 11.5 Å². The van der Waals surface area contributed by atoms with E-state index in [2.05, 4.69) is 12.2 Å². The van der Waals surface area contributed by atoms with Gasteiger partial charge in [-0.05, 0) is 31.0 Å². The number of ether oxygens (including phenoxy) is 2. The van der Waals surface area contributed by atoms with Crippen molar-refractivity contribution in [1.29, 1.82) is 0 Å². The van der Waals surface area contributed by atoms with Crippen LogP contribution in [0, 0.1) is 0 Å². The van der Waals surface area contributed by atoms with Crippen molar-refractivity contribution in [2.75, 3.05) is 32.8 Å². The van der Waals surface area contributed by atoms with Gasteiger partial charge >= 0.3 is 0 Å². The summed E-state index contributed by atoms with van der Waals surface area (Å²) < 4.78 is 11.3. The van der Waals surface area contributed by atoms with Crippen LogP contribution in [0.4, 0.5) is 0 Å². The van der Waals surface area contributed by atoms with Crippen LogP contribution in [0.1, 0.15) is 25.3 Å². The molecule has 1 atom stereocenters. The van der Waals surface area contributed by atoms with Gasteiger partial charge in [-0.25, -0.2) is 0 Å². The molecule has 0 radical (unpaired) electrons. The predicted octanol–water partition coefficient (Wildman–Crippen LogP) is 1.60. The number of hydrogen-bond donors (Lipinski definition) is 1. The quantitative estimate of drug-likeness (QED) is 0.921. The first-order chi connectivity index (χ1) is 10.7. The average Bonchev–Trinajstić information content (AvgIpc) is 2.78. The fourth-order valence-corrected chi connectivity index (χ4v) is 2.97. The fourth-order valence-electron chi connectivity index (χ4n) is 2.97. The van der Waals surface area contributed by atoms with Gasteiger partial charge in [0, 0.05) is 38.5 Å². The molecule has 0 aliphatic carbocycles. The summed E-state index contributed by atoms with van der Waals surface area (Å²) in [6.07, 6.45) is 2.19. The molecule has 2 heterocycles. The maximum absolute atomic E-state index is 12.4. The summed E-state index contributed by atoms with van der Waals surface area (Å²) in [6, 6.07) is 6.27. The summed E-state index contributed by atoms with van der Waals surface area (Å²) in [7, 11) is 0. The molecule has 22 heavy (non-hydrogen) atoms. The number of nitrogens with one attached hydrogen (secondary N) is 1. The zero-order valence-electron chi connectivity index (χ0n) is 13.1. The van der Waals surface area contributed by atoms with E-state index in [1.54, 1.807) is 0 Å². The van der Waals surface area contributed by atoms with Crippen LogP contribution in [0.2, 0.25) is 0 Å². The number of benzene rings is 1. The highest BCUT2D eigenvalue weighted by Crippen LogP contribution is 2.30. The van der Waals surface area contributed by atoms with Crippen molar-refractivity contribution in [2.24, 2.45) is 0 Å². The van der Waals surface area contributed by atoms with Crippen molar-refractivity contribution >= 4 is 5.91 Å². The van der Waals surface area contributed by atoms with Gasteiger partial charge in [-0.3, -0.25) is 4.79 Å². The third-order valence-corrected chi connectivity index (χ3v) is 4.26. The minimum atomic E-state index is 0.237. The van der Waals surface area contributed by atoms with Gasteiger partial charge in [-0.1, -0.05) is 6.07 Å². The van der Waals surface area contributed by atoms with Gasteiger partial charge in [0.1, 0.15) is 0 Å². The third kappa shape index (κ3) is 3.53. The largest absolute Gasteiger partial charge is 0.490 e. The van der Waals surface area contributed by atoms with Crippen LogP contribution in [0.25, 0.3) is 0 Å². The van der Waals surface area contributed by atoms with E-state index >= 15 is 0 Å². The van der Waals surface area contributed by atoms with Crippen molar-refractivity contribution in [2.45, 2.75) is 32.2 Å². The highest BCUT2D eigenvalue weighted by atomic mass is 16.5. The molecule has 3 rings (SSSR count). The lowest BCUT2D eigenvalue weighted by molar-refractivity contribution is -0.133. The molecular formula is C17H24N2O3. The molecule has 0 aromatic heterocycles. The summed E-state index contributed by atoms with van der Waals surface area (Å²) in [5, 5.41) is 3.31. The Morgan fingerprint density at radius 2 is 2.14 bits per heavy atom. The van der Waals surface area contributed by atoms with Crippen molar-refractivity contribution in [3.05, 3.63) is 23.8 Å². The zero-order chi connectivity index (χ0) is 15.4. The lowest BCUT2D eigenvalue weighted by atomic mass is 10.1. The molecule has 0 saturated carbocycles. The topological polar surface area (TPSA) is 50.8 Å². The first kappa shape index (κ1) is 15.2. The van der Waals surface area contributed by atoms with Crippen LogP contribution in [0.15, 0.2) is 18.2 Å². The van der Waals surface area contributed by atoms with E-state index < -0.39 is 0 Å². The predicted molar refractivity (Wildman–Crippen MR) is 84.4 cm³/mol. The molecule has 2 aliphatic rings. The minimum Gasteiger partial charge on any atom is -0.490 e. The van der Waals surface area contributed by atoms with Gasteiger partial charge in [-0.15, -0.1) is 0 Å². The maximum atomic E-state index is 12.4. The van der Waals surface area contributed by atoms with E-state index in [9.17, 15) is 4.79 Å². The molecule has 0 bridgehead atoms. The maximum Gasteiger partial charge on any atom is 0.223 e. The highest BCUT2D eigenvalue weighted by molar-refractivity contribution is 5.77. The smallest absolute Gasteiger partial charge is 0.223 e. The summed E-state index contributed by atoms with van der Waals surface area (Å²) in [4.78, 5) is 14.4. The number of amides is 1. The number of carbonyl (C=O) groups is 1. The Hall–Kier alpha value is -1.75. The lowest BCUT2D eigenvalue weighted by Crippen LogP contribution is -2.52. The molecule has 1 saturated heterocycles. The van der Waals surface area contributed by atoms with E-state index in [0.717, 1.165) is 49.5 Å². The molecule has 1 amide bonds. The second kappa shape index (κ2) is 7.01. The molecule has 5 nitrogen and oxygen atoms in total. The summed E-state index contributed by atoms with van der Waals surface area (Å²) >= 11 is 0. The molecule has 1 aromatic carbocycles. The van der Waals surface area contributed by atoms with Crippen LogP contribution in [-0.2, 0) is 11.2 Å². The Bertz CT molecular complexity index is 533. The van der Waals surface area contributed by atoms with Gasteiger partial charge in [0.25, 0.3) is 0 Å². The second-order valence-corrected chi connectivity index (χ2v) is 5.97. The summed E-state index contributed by atoms with van der Waals surface area (Å²) in [6.45, 7) is 6.06. The van der Waals surface area contributed by atoms with Crippen molar-refractivity contribution in [1.82, 2.24) is 10.2 Å². The molecule has 120 valence electrons. The van der Waals surface area contributed by atoms with Gasteiger partial charge in [0.15, 0.2) is 11.5 Å². The lowest BCUT2D eigenvalue weighted by Gasteiger charge is -2.34. The number of fused-ring (bicyclic) bond motifs is 1. The molecule has 2 aliphatic heterocycles. The summed E-state index contributed by atoms with van der Waals surface area (Å²) in [5.41, 5.74) is 1.13. The van der Waals surface area contributed by atoms with Crippen molar-refractivity contribution < 1.29 is 14.3 Å². The molecular weight excluding hydrogens is 280 g/mol. The van der Waals surface area contributed by atoms with Gasteiger partial charge in [-0.2, -0.15) is 0 Å². The Kier molecular flexibility index (Phi) is 4.83. The number of rotatable bonds is 3. The molecule has 1 N–H and O–H groups in total. The van der Waals surface area contributed by atoms with Gasteiger partial charge in [0.2, 0.25) is 5.91 Å². The molecule has 1 fully saturated rings. The Morgan fingerprint density at radius 1 is 1.32 bits per heavy atom. The SMILES string of the molecule is C[C@@H]1CNCCN1C(=O)CCc1ccc2c(c1)OCCCO2. The fraction of sp³-hybridized carbons (Fsp3) is 0.588. The standard InChI is InChI=1S/C17H24N2O3/c1-13-12-18-7-8-19(13)17(20)6-4-14-3-5-15-16(11-14)22-10-2-9-21-15/h3,5,11,13,18H,2,4,6-10,12H2,1H3/t13-/m1/s1. The average molecular weight is 304 g/mol. The van der Waals surface area contributed by atoms with Crippen LogP contribution in [-0.4, -0.2) is 49.7 Å². The number of nitrogens with zero attached hydrogens (tertiary/aromatic N) is 1. The molecule has 5 heteroatoms. The number of hydrogen-bond acceptors (Lipinski definition) is 4. The highest BCUT2D eigenvalue weighted by Gasteiger charge is 2.22. The first-order valence-electron chi connectivity index (χ1n) is 8.13.